The molecule has 0 spiro atoms. The van der Waals surface area contributed by atoms with Crippen LogP contribution in [-0.4, -0.2) is 19.1 Å². The molecule has 0 atom stereocenters. The molecule has 0 radical (unpaired) electrons. The number of benzene rings is 2. The van der Waals surface area contributed by atoms with Crippen molar-refractivity contribution in [1.29, 1.82) is 0 Å². The van der Waals surface area contributed by atoms with Crippen LogP contribution in [0.5, 0.6) is 0 Å². The first kappa shape index (κ1) is 17.2. The summed E-state index contributed by atoms with van der Waals surface area (Å²) >= 11 is 7.02. The highest BCUT2D eigenvalue weighted by Crippen LogP contribution is 2.25. The van der Waals surface area contributed by atoms with Gasteiger partial charge in [0, 0.05) is 25.5 Å². The maximum Gasteiger partial charge on any atom is 0.177 e. The average molecular weight is 472 g/mol. The van der Waals surface area contributed by atoms with E-state index in [4.69, 9.17) is 0 Å². The fourth-order valence-corrected chi connectivity index (χ4v) is 3.76. The number of hydrogen-bond acceptors (Lipinski definition) is 2. The molecule has 0 saturated carbocycles. The Kier molecular flexibility index (Phi) is 5.04. The van der Waals surface area contributed by atoms with Crippen LogP contribution in [0.15, 0.2) is 82.3 Å². The zero-order chi connectivity index (χ0) is 17.9. The SMILES string of the molecule is Brc1cn(Cc2ccccc2)c(-c2nc(Br)cn2Cc2ccccc2)n1. The van der Waals surface area contributed by atoms with E-state index in [-0.39, 0.29) is 0 Å². The Morgan fingerprint density at radius 2 is 1.00 bits per heavy atom. The molecule has 0 unspecified atom stereocenters. The van der Waals surface area contributed by atoms with Crippen LogP contribution in [-0.2, 0) is 13.1 Å². The van der Waals surface area contributed by atoms with E-state index in [1.54, 1.807) is 0 Å². The van der Waals surface area contributed by atoms with Gasteiger partial charge in [0.2, 0.25) is 0 Å². The van der Waals surface area contributed by atoms with Gasteiger partial charge >= 0.3 is 0 Å². The summed E-state index contributed by atoms with van der Waals surface area (Å²) in [5.74, 6) is 1.67. The summed E-state index contributed by atoms with van der Waals surface area (Å²) in [6.07, 6.45) is 4.00. The molecule has 2 aromatic heterocycles. The second-order valence-electron chi connectivity index (χ2n) is 6.00. The molecule has 26 heavy (non-hydrogen) atoms. The molecule has 4 aromatic rings. The fraction of sp³-hybridized carbons (Fsp3) is 0.100. The number of nitrogens with zero attached hydrogens (tertiary/aromatic N) is 4. The Morgan fingerprint density at radius 3 is 1.38 bits per heavy atom. The largest absolute Gasteiger partial charge is 0.323 e. The standard InChI is InChI=1S/C20H16Br2N4/c21-17-13-25(11-15-7-3-1-4-8-15)19(23-17)20-24-18(22)14-26(20)12-16-9-5-2-6-10-16/h1-10,13-14H,11-12H2. The molecule has 0 aliphatic rings. The third-order valence-electron chi connectivity index (χ3n) is 4.09. The van der Waals surface area contributed by atoms with Crippen LogP contribution in [0.25, 0.3) is 11.6 Å². The smallest absolute Gasteiger partial charge is 0.177 e. The van der Waals surface area contributed by atoms with Crippen LogP contribution in [0.4, 0.5) is 0 Å². The van der Waals surface area contributed by atoms with E-state index < -0.39 is 0 Å². The number of imidazole rings is 2. The fourth-order valence-electron chi connectivity index (χ4n) is 2.93. The van der Waals surface area contributed by atoms with Crippen LogP contribution in [0.2, 0.25) is 0 Å². The summed E-state index contributed by atoms with van der Waals surface area (Å²) in [7, 11) is 0. The minimum Gasteiger partial charge on any atom is -0.323 e. The third kappa shape index (κ3) is 3.81. The molecule has 2 aromatic carbocycles. The predicted octanol–water partition coefficient (Wildman–Crippen LogP) is 5.37. The van der Waals surface area contributed by atoms with E-state index in [0.717, 1.165) is 33.9 Å². The van der Waals surface area contributed by atoms with E-state index in [9.17, 15) is 0 Å². The molecular formula is C20H16Br2N4. The van der Waals surface area contributed by atoms with Crippen LogP contribution in [0.1, 0.15) is 11.1 Å². The van der Waals surface area contributed by atoms with Gasteiger partial charge in [0.15, 0.2) is 11.6 Å². The average Bonchev–Trinajstić information content (AvgIpc) is 3.18. The highest BCUT2D eigenvalue weighted by molar-refractivity contribution is 9.10. The van der Waals surface area contributed by atoms with Gasteiger partial charge in [0.05, 0.1) is 0 Å². The Bertz CT molecular complexity index is 923. The molecule has 6 heteroatoms. The lowest BCUT2D eigenvalue weighted by atomic mass is 10.2. The molecule has 0 aliphatic carbocycles. The first-order chi connectivity index (χ1) is 12.7. The zero-order valence-corrected chi connectivity index (χ0v) is 17.1. The van der Waals surface area contributed by atoms with Crippen LogP contribution < -0.4 is 0 Å². The minimum atomic E-state index is 0.741. The Labute approximate surface area is 168 Å². The highest BCUT2D eigenvalue weighted by Gasteiger charge is 2.17. The third-order valence-corrected chi connectivity index (χ3v) is 4.85. The van der Waals surface area contributed by atoms with Gasteiger partial charge in [0.1, 0.15) is 9.21 Å². The van der Waals surface area contributed by atoms with Crippen molar-refractivity contribution in [3.63, 3.8) is 0 Å². The van der Waals surface area contributed by atoms with Crippen LogP contribution >= 0.6 is 31.9 Å². The maximum atomic E-state index is 4.67. The van der Waals surface area contributed by atoms with E-state index in [1.807, 2.05) is 48.8 Å². The van der Waals surface area contributed by atoms with Gasteiger partial charge in [-0.05, 0) is 43.0 Å². The number of halogens is 2. The molecular weight excluding hydrogens is 456 g/mol. The Morgan fingerprint density at radius 1 is 0.615 bits per heavy atom. The monoisotopic (exact) mass is 470 g/mol. The van der Waals surface area contributed by atoms with Crippen molar-refractivity contribution >= 4 is 31.9 Å². The van der Waals surface area contributed by atoms with E-state index >= 15 is 0 Å². The van der Waals surface area contributed by atoms with Crippen LogP contribution in [0.3, 0.4) is 0 Å². The second kappa shape index (κ2) is 7.60. The number of hydrogen-bond donors (Lipinski definition) is 0. The van der Waals surface area contributed by atoms with Gasteiger partial charge in [-0.2, -0.15) is 0 Å². The molecule has 4 rings (SSSR count). The summed E-state index contributed by atoms with van der Waals surface area (Å²) in [4.78, 5) is 9.34. The number of aromatic nitrogens is 4. The number of rotatable bonds is 5. The predicted molar refractivity (Wildman–Crippen MR) is 110 cm³/mol. The van der Waals surface area contributed by atoms with Crippen molar-refractivity contribution < 1.29 is 0 Å². The summed E-state index contributed by atoms with van der Waals surface area (Å²) in [6.45, 7) is 1.48. The molecule has 0 N–H and O–H groups in total. The summed E-state index contributed by atoms with van der Waals surface area (Å²) in [6, 6.07) is 20.7. The molecule has 0 amide bonds. The van der Waals surface area contributed by atoms with Gasteiger partial charge in [-0.1, -0.05) is 60.7 Å². The molecule has 0 saturated heterocycles. The first-order valence-corrected chi connectivity index (χ1v) is 9.81. The molecule has 0 fully saturated rings. The second-order valence-corrected chi connectivity index (χ2v) is 7.63. The van der Waals surface area contributed by atoms with E-state index in [0.29, 0.717) is 0 Å². The van der Waals surface area contributed by atoms with Gasteiger partial charge in [-0.3, -0.25) is 0 Å². The van der Waals surface area contributed by atoms with Crippen molar-refractivity contribution in [3.8, 4) is 11.6 Å². The Balaban J connectivity index is 1.72. The van der Waals surface area contributed by atoms with Crippen LogP contribution in [0, 0.1) is 0 Å². The summed E-state index contributed by atoms with van der Waals surface area (Å²) in [5, 5.41) is 0. The van der Waals surface area contributed by atoms with Crippen molar-refractivity contribution in [2.75, 3.05) is 0 Å². The molecule has 0 bridgehead atoms. The summed E-state index contributed by atoms with van der Waals surface area (Å²) < 4.78 is 5.84. The quantitative estimate of drug-likeness (QED) is 0.392. The highest BCUT2D eigenvalue weighted by atomic mass is 79.9. The molecule has 130 valence electrons. The lowest BCUT2D eigenvalue weighted by Crippen LogP contribution is -2.07. The maximum absolute atomic E-state index is 4.67. The molecule has 4 nitrogen and oxygen atoms in total. The van der Waals surface area contributed by atoms with Crippen molar-refractivity contribution in [2.24, 2.45) is 0 Å². The minimum absolute atomic E-state index is 0.741. The lowest BCUT2D eigenvalue weighted by molar-refractivity contribution is 0.760. The zero-order valence-electron chi connectivity index (χ0n) is 13.9. The first-order valence-electron chi connectivity index (χ1n) is 8.22. The molecule has 2 heterocycles. The Hall–Kier alpha value is -2.18. The van der Waals surface area contributed by atoms with Gasteiger partial charge in [-0.25, -0.2) is 9.97 Å². The van der Waals surface area contributed by atoms with Crippen molar-refractivity contribution in [3.05, 3.63) is 93.4 Å². The molecule has 0 aliphatic heterocycles. The van der Waals surface area contributed by atoms with Gasteiger partial charge in [0.25, 0.3) is 0 Å². The lowest BCUT2D eigenvalue weighted by Gasteiger charge is -2.10. The van der Waals surface area contributed by atoms with E-state index in [1.165, 1.54) is 11.1 Å². The normalized spacial score (nSPS) is 11.0. The van der Waals surface area contributed by atoms with Crippen molar-refractivity contribution in [1.82, 2.24) is 19.1 Å². The summed E-state index contributed by atoms with van der Waals surface area (Å²) in [5.41, 5.74) is 2.44. The van der Waals surface area contributed by atoms with E-state index in [2.05, 4.69) is 75.2 Å². The van der Waals surface area contributed by atoms with Crippen molar-refractivity contribution in [2.45, 2.75) is 13.1 Å². The van der Waals surface area contributed by atoms with Gasteiger partial charge in [-0.15, -0.1) is 0 Å². The van der Waals surface area contributed by atoms with Gasteiger partial charge < -0.3 is 9.13 Å². The topological polar surface area (TPSA) is 35.6 Å².